The van der Waals surface area contributed by atoms with Crippen molar-refractivity contribution in [1.82, 2.24) is 0 Å². The monoisotopic (exact) mass is 265 g/mol. The molecule has 0 saturated carbocycles. The van der Waals surface area contributed by atoms with Gasteiger partial charge >= 0.3 is 0 Å². The summed E-state index contributed by atoms with van der Waals surface area (Å²) < 4.78 is 12.9. The average molecular weight is 266 g/mol. The molecule has 0 aliphatic heterocycles. The molecule has 0 atom stereocenters. The Balaban J connectivity index is 2.39. The number of nitrogens with zero attached hydrogens (tertiary/aromatic N) is 1. The molecule has 0 spiro atoms. The van der Waals surface area contributed by atoms with E-state index in [1.54, 1.807) is 24.3 Å². The van der Waals surface area contributed by atoms with Crippen LogP contribution in [0.4, 0.5) is 15.8 Å². The van der Waals surface area contributed by atoms with E-state index in [9.17, 15) is 9.50 Å². The summed E-state index contributed by atoms with van der Waals surface area (Å²) in [5.74, 6) is -0.273. The topological polar surface area (TPSA) is 23.5 Å². The molecule has 2 aromatic rings. The van der Waals surface area contributed by atoms with Crippen molar-refractivity contribution in [2.45, 2.75) is 6.61 Å². The van der Waals surface area contributed by atoms with Crippen molar-refractivity contribution in [2.24, 2.45) is 0 Å². The summed E-state index contributed by atoms with van der Waals surface area (Å²) in [6, 6.07) is 11.5. The fraction of sp³-hybridized carbons (Fsp3) is 0.143. The Labute approximate surface area is 110 Å². The van der Waals surface area contributed by atoms with Crippen molar-refractivity contribution < 1.29 is 9.50 Å². The number of benzene rings is 2. The van der Waals surface area contributed by atoms with E-state index < -0.39 is 0 Å². The Morgan fingerprint density at radius 1 is 1.17 bits per heavy atom. The van der Waals surface area contributed by atoms with Crippen LogP contribution in [0.1, 0.15) is 5.56 Å². The summed E-state index contributed by atoms with van der Waals surface area (Å²) in [6.07, 6.45) is 0. The van der Waals surface area contributed by atoms with Crippen LogP contribution in [0, 0.1) is 5.82 Å². The van der Waals surface area contributed by atoms with Gasteiger partial charge in [0.05, 0.1) is 6.61 Å². The molecule has 0 amide bonds. The highest BCUT2D eigenvalue weighted by molar-refractivity contribution is 6.30. The maximum absolute atomic E-state index is 12.9. The van der Waals surface area contributed by atoms with Gasteiger partial charge in [0.25, 0.3) is 0 Å². The second-order valence-corrected chi connectivity index (χ2v) is 4.40. The normalized spacial score (nSPS) is 10.4. The molecule has 1 N–H and O–H groups in total. The van der Waals surface area contributed by atoms with E-state index in [4.69, 9.17) is 11.6 Å². The van der Waals surface area contributed by atoms with Gasteiger partial charge < -0.3 is 10.0 Å². The first-order valence-corrected chi connectivity index (χ1v) is 5.88. The second kappa shape index (κ2) is 5.38. The quantitative estimate of drug-likeness (QED) is 0.914. The summed E-state index contributed by atoms with van der Waals surface area (Å²) in [7, 11) is 1.86. The molecule has 0 unspecified atom stereocenters. The number of rotatable bonds is 3. The molecular weight excluding hydrogens is 253 g/mol. The van der Waals surface area contributed by atoms with Crippen LogP contribution in [0.2, 0.25) is 5.02 Å². The molecule has 18 heavy (non-hydrogen) atoms. The molecule has 0 aliphatic carbocycles. The minimum Gasteiger partial charge on any atom is -0.392 e. The Kier molecular flexibility index (Phi) is 3.84. The molecule has 2 rings (SSSR count). The van der Waals surface area contributed by atoms with E-state index in [0.717, 1.165) is 16.9 Å². The summed E-state index contributed by atoms with van der Waals surface area (Å²) in [6.45, 7) is -0.0958. The van der Waals surface area contributed by atoms with E-state index in [-0.39, 0.29) is 12.4 Å². The number of anilines is 2. The highest BCUT2D eigenvalue weighted by Gasteiger charge is 2.09. The zero-order chi connectivity index (χ0) is 13.1. The van der Waals surface area contributed by atoms with Gasteiger partial charge in [0, 0.05) is 29.0 Å². The molecule has 0 bridgehead atoms. The minimum atomic E-state index is -0.273. The molecule has 94 valence electrons. The van der Waals surface area contributed by atoms with E-state index in [2.05, 4.69) is 0 Å². The highest BCUT2D eigenvalue weighted by Crippen LogP contribution is 2.29. The molecular formula is C14H13ClFNO. The largest absolute Gasteiger partial charge is 0.392 e. The van der Waals surface area contributed by atoms with Crippen LogP contribution in [0.25, 0.3) is 0 Å². The zero-order valence-corrected chi connectivity index (χ0v) is 10.7. The zero-order valence-electron chi connectivity index (χ0n) is 9.90. The van der Waals surface area contributed by atoms with E-state index in [1.165, 1.54) is 12.1 Å². The number of aliphatic hydroxyl groups excluding tert-OH is 1. The first-order valence-electron chi connectivity index (χ1n) is 5.50. The van der Waals surface area contributed by atoms with Crippen LogP contribution in [0.3, 0.4) is 0 Å². The van der Waals surface area contributed by atoms with Crippen molar-refractivity contribution in [3.8, 4) is 0 Å². The smallest absolute Gasteiger partial charge is 0.123 e. The lowest BCUT2D eigenvalue weighted by Crippen LogP contribution is -2.11. The highest BCUT2D eigenvalue weighted by atomic mass is 35.5. The summed E-state index contributed by atoms with van der Waals surface area (Å²) in [4.78, 5) is 1.88. The first-order chi connectivity index (χ1) is 8.61. The van der Waals surface area contributed by atoms with Gasteiger partial charge in [-0.15, -0.1) is 0 Å². The second-order valence-electron chi connectivity index (χ2n) is 3.97. The number of hydrogen-bond donors (Lipinski definition) is 1. The van der Waals surface area contributed by atoms with Crippen molar-refractivity contribution >= 4 is 23.0 Å². The minimum absolute atomic E-state index is 0.0958. The SMILES string of the molecule is CN(c1ccc(F)cc1)c1ccc(Cl)cc1CO. The van der Waals surface area contributed by atoms with Gasteiger partial charge in [-0.05, 0) is 42.5 Å². The Morgan fingerprint density at radius 3 is 2.44 bits per heavy atom. The summed E-state index contributed by atoms with van der Waals surface area (Å²) in [5, 5.41) is 9.92. The molecule has 0 heterocycles. The van der Waals surface area contributed by atoms with Crippen molar-refractivity contribution in [2.75, 3.05) is 11.9 Å². The van der Waals surface area contributed by atoms with Gasteiger partial charge in [-0.3, -0.25) is 0 Å². The lowest BCUT2D eigenvalue weighted by Gasteiger charge is -2.22. The van der Waals surface area contributed by atoms with E-state index >= 15 is 0 Å². The van der Waals surface area contributed by atoms with Crippen LogP contribution >= 0.6 is 11.6 Å². The van der Waals surface area contributed by atoms with Gasteiger partial charge in [-0.1, -0.05) is 11.6 Å². The standard InChI is InChI=1S/C14H13ClFNO/c1-17(13-5-3-12(16)4-6-13)14-7-2-11(15)8-10(14)9-18/h2-8,18H,9H2,1H3. The summed E-state index contributed by atoms with van der Waals surface area (Å²) >= 11 is 5.89. The lowest BCUT2D eigenvalue weighted by molar-refractivity contribution is 0.282. The Bertz CT molecular complexity index is 542. The molecule has 2 aromatic carbocycles. The van der Waals surface area contributed by atoms with Crippen LogP contribution in [0.5, 0.6) is 0 Å². The maximum atomic E-state index is 12.9. The van der Waals surface area contributed by atoms with Crippen LogP contribution < -0.4 is 4.90 Å². The van der Waals surface area contributed by atoms with E-state index in [1.807, 2.05) is 18.0 Å². The number of aliphatic hydroxyl groups is 1. The third-order valence-electron chi connectivity index (χ3n) is 2.79. The molecule has 2 nitrogen and oxygen atoms in total. The van der Waals surface area contributed by atoms with Crippen LogP contribution in [-0.4, -0.2) is 12.2 Å². The van der Waals surface area contributed by atoms with Crippen molar-refractivity contribution in [1.29, 1.82) is 0 Å². The van der Waals surface area contributed by atoms with Gasteiger partial charge in [0.2, 0.25) is 0 Å². The molecule has 0 fully saturated rings. The Morgan fingerprint density at radius 2 is 1.83 bits per heavy atom. The maximum Gasteiger partial charge on any atom is 0.123 e. The van der Waals surface area contributed by atoms with Crippen molar-refractivity contribution in [3.63, 3.8) is 0 Å². The fourth-order valence-electron chi connectivity index (χ4n) is 1.81. The number of halogens is 2. The van der Waals surface area contributed by atoms with Gasteiger partial charge in [-0.25, -0.2) is 4.39 Å². The van der Waals surface area contributed by atoms with Crippen molar-refractivity contribution in [3.05, 3.63) is 58.9 Å². The predicted octanol–water partition coefficient (Wildman–Crippen LogP) is 3.74. The van der Waals surface area contributed by atoms with Gasteiger partial charge in [-0.2, -0.15) is 0 Å². The van der Waals surface area contributed by atoms with Crippen LogP contribution in [0.15, 0.2) is 42.5 Å². The van der Waals surface area contributed by atoms with Crippen LogP contribution in [-0.2, 0) is 6.61 Å². The molecule has 0 radical (unpaired) electrons. The number of hydrogen-bond acceptors (Lipinski definition) is 2. The molecule has 0 saturated heterocycles. The lowest BCUT2D eigenvalue weighted by atomic mass is 10.1. The predicted molar refractivity (Wildman–Crippen MR) is 71.8 cm³/mol. The van der Waals surface area contributed by atoms with E-state index in [0.29, 0.717) is 5.02 Å². The molecule has 4 heteroatoms. The third kappa shape index (κ3) is 2.63. The third-order valence-corrected chi connectivity index (χ3v) is 3.02. The summed E-state index contributed by atoms with van der Waals surface area (Å²) in [5.41, 5.74) is 2.41. The fourth-order valence-corrected chi connectivity index (χ4v) is 2.01. The molecule has 0 aliphatic rings. The average Bonchev–Trinajstić information content (AvgIpc) is 2.38. The molecule has 0 aromatic heterocycles. The Hall–Kier alpha value is -1.58. The van der Waals surface area contributed by atoms with Gasteiger partial charge in [0.1, 0.15) is 5.82 Å². The van der Waals surface area contributed by atoms with Gasteiger partial charge in [0.15, 0.2) is 0 Å². The first kappa shape index (κ1) is 12.9.